The van der Waals surface area contributed by atoms with E-state index in [1.54, 1.807) is 60.7 Å². The molecule has 0 saturated carbocycles. The Balaban J connectivity index is 1.38. The van der Waals surface area contributed by atoms with Crippen molar-refractivity contribution in [2.45, 2.75) is 0 Å². The van der Waals surface area contributed by atoms with Gasteiger partial charge in [-0.15, -0.1) is 0 Å². The predicted octanol–water partition coefficient (Wildman–Crippen LogP) is 12.6. The highest BCUT2D eigenvalue weighted by Gasteiger charge is 2.20. The van der Waals surface area contributed by atoms with E-state index < -0.39 is 166 Å². The molecule has 0 atom stereocenters. The van der Waals surface area contributed by atoms with Gasteiger partial charge in [0.05, 0.1) is 67.6 Å². The van der Waals surface area contributed by atoms with Crippen molar-refractivity contribution in [3.8, 4) is 28.2 Å². The lowest BCUT2D eigenvalue weighted by atomic mass is 10.0. The zero-order valence-corrected chi connectivity index (χ0v) is 26.1. The van der Waals surface area contributed by atoms with Crippen LogP contribution in [0.1, 0.15) is 28.8 Å². The minimum absolute atomic E-state index is 0.128. The molecule has 0 radical (unpaired) electrons. The second-order valence-corrected chi connectivity index (χ2v) is 11.7. The highest BCUT2D eigenvalue weighted by Crippen LogP contribution is 2.41. The minimum atomic E-state index is -0.874. The number of nitrogens with zero attached hydrogens (tertiary/aromatic N) is 3. The molecule has 0 aliphatic heterocycles. The molecule has 0 spiro atoms. The number of benzene rings is 8. The second kappa shape index (κ2) is 10.8. The van der Waals surface area contributed by atoms with Crippen LogP contribution in [-0.2, 0) is 0 Å². The molecule has 8 aromatic carbocycles. The van der Waals surface area contributed by atoms with Crippen LogP contribution in [0.3, 0.4) is 0 Å². The summed E-state index contributed by atoms with van der Waals surface area (Å²) in [5, 5.41) is -1.88. The average Bonchev–Trinajstić information content (AvgIpc) is 4.05. The lowest BCUT2D eigenvalue weighted by Crippen LogP contribution is -1.96. The molecule has 0 saturated heterocycles. The molecule has 51 heavy (non-hydrogen) atoms. The first-order valence-corrected chi connectivity index (χ1v) is 15.8. The smallest absolute Gasteiger partial charge is 0.0645 e. The molecule has 3 heteroatoms. The van der Waals surface area contributed by atoms with E-state index in [4.69, 9.17) is 12.3 Å². The van der Waals surface area contributed by atoms with Gasteiger partial charge in [0.15, 0.2) is 0 Å². The number of fused-ring (bicyclic) bond motifs is 9. The molecule has 238 valence electrons. The number of rotatable bonds is 4. The molecule has 0 amide bonds. The molecule has 3 nitrogen and oxygen atoms in total. The van der Waals surface area contributed by atoms with E-state index in [1.165, 1.54) is 9.13 Å². The van der Waals surface area contributed by atoms with Crippen molar-refractivity contribution in [3.05, 3.63) is 188 Å². The van der Waals surface area contributed by atoms with Crippen LogP contribution in [0.5, 0.6) is 0 Å². The Morgan fingerprint density at radius 2 is 0.765 bits per heavy atom. The van der Waals surface area contributed by atoms with E-state index in [1.807, 2.05) is 0 Å². The van der Waals surface area contributed by atoms with Crippen LogP contribution in [0.15, 0.2) is 188 Å². The van der Waals surface area contributed by atoms with Crippen molar-refractivity contribution < 1.29 is 28.8 Å². The Labute approximate surface area is 324 Å². The standard InChI is InChI=1S/C48H31N3/c1-3-14-34(15-4-1)49-41-21-10-7-18-36(41)39-30-32(26-28-44(39)49)33-27-29-45-40(31-33)37-19-8-11-22-42(37)51(45)47-25-13-24-46-48(47)38-20-9-12-23-43(38)50(46)35-16-5-2-6-17-35/h1-31H/i7D,8D,9D,10D,11D,12D,13D,18D,19D,20D,21D,22D,23D,24D,25D,26D,27D,28D,29D,30D,31D. The minimum Gasteiger partial charge on any atom is -0.309 e. The van der Waals surface area contributed by atoms with Gasteiger partial charge < -0.3 is 13.7 Å². The third kappa shape index (κ3) is 4.06. The molecule has 0 aliphatic carbocycles. The summed E-state index contributed by atoms with van der Waals surface area (Å²) >= 11 is 0. The Kier molecular flexibility index (Phi) is 3.09. The Bertz CT molecular complexity index is 4330. The maximum Gasteiger partial charge on any atom is 0.0645 e. The second-order valence-electron chi connectivity index (χ2n) is 11.7. The fraction of sp³-hybridized carbons (Fsp3) is 0. The van der Waals surface area contributed by atoms with E-state index >= 15 is 0 Å². The number of hydrogen-bond donors (Lipinski definition) is 0. The normalized spacial score (nSPS) is 17.7. The maximum absolute atomic E-state index is 9.99. The van der Waals surface area contributed by atoms with E-state index in [0.717, 1.165) is 4.57 Å². The molecular formula is C48H31N3. The quantitative estimate of drug-likeness (QED) is 0.177. The zero-order valence-electron chi connectivity index (χ0n) is 47.1. The fourth-order valence-electron chi connectivity index (χ4n) is 6.90. The summed E-state index contributed by atoms with van der Waals surface area (Å²) in [7, 11) is 0. The van der Waals surface area contributed by atoms with Crippen LogP contribution < -0.4 is 0 Å². The van der Waals surface area contributed by atoms with Crippen molar-refractivity contribution in [2.75, 3.05) is 0 Å². The van der Waals surface area contributed by atoms with E-state index in [-0.39, 0.29) is 49.3 Å². The van der Waals surface area contributed by atoms with Gasteiger partial charge in [-0.25, -0.2) is 0 Å². The number of para-hydroxylation sites is 5. The SMILES string of the molecule is [2H]c1c([2H])c([2H])c2c(c1[2H])c1c([2H])c(-c3c([2H])c([2H])c4c(c3[2H])c3c([2H])c([2H])c([2H])c([2H])c3n4-c3c([2H])c([2H])c([2H])c4c3c3c([2H])c([2H])c([2H])c([2H])c3n4-c3ccccc3)c([2H])c([2H])c1n2-c1ccccc1. The summed E-state index contributed by atoms with van der Waals surface area (Å²) in [6, 6.07) is 1.57. The summed E-state index contributed by atoms with van der Waals surface area (Å²) in [5.74, 6) is 0. The van der Waals surface area contributed by atoms with Gasteiger partial charge in [-0.2, -0.15) is 0 Å². The Hall–Kier alpha value is -6.84. The molecule has 11 rings (SSSR count). The monoisotopic (exact) mass is 670 g/mol. The maximum atomic E-state index is 9.99. The highest BCUT2D eigenvalue weighted by molar-refractivity contribution is 6.17. The van der Waals surface area contributed by atoms with Gasteiger partial charge in [0.1, 0.15) is 0 Å². The van der Waals surface area contributed by atoms with Gasteiger partial charge in [0.2, 0.25) is 0 Å². The fourth-order valence-corrected chi connectivity index (χ4v) is 6.90. The van der Waals surface area contributed by atoms with Crippen LogP contribution >= 0.6 is 0 Å². The van der Waals surface area contributed by atoms with E-state index in [9.17, 15) is 16.4 Å². The van der Waals surface area contributed by atoms with Crippen LogP contribution in [0.4, 0.5) is 0 Å². The Morgan fingerprint density at radius 3 is 1.35 bits per heavy atom. The summed E-state index contributed by atoms with van der Waals surface area (Å²) < 4.78 is 197. The molecule has 11 aromatic rings. The first-order chi connectivity index (χ1) is 34.1. The van der Waals surface area contributed by atoms with E-state index in [0.29, 0.717) is 5.69 Å². The molecule has 0 N–H and O–H groups in total. The topological polar surface area (TPSA) is 14.8 Å². The van der Waals surface area contributed by atoms with Gasteiger partial charge in [-0.05, 0) is 89.8 Å². The average molecular weight is 671 g/mol. The molecule has 3 heterocycles. The molecule has 0 aliphatic rings. The first-order valence-electron chi connectivity index (χ1n) is 26.3. The number of hydrogen-bond acceptors (Lipinski definition) is 0. The van der Waals surface area contributed by atoms with Crippen LogP contribution in [0.25, 0.3) is 93.6 Å². The Morgan fingerprint density at radius 1 is 0.333 bits per heavy atom. The van der Waals surface area contributed by atoms with E-state index in [2.05, 4.69) is 0 Å². The van der Waals surface area contributed by atoms with Crippen molar-refractivity contribution in [2.24, 2.45) is 0 Å². The lowest BCUT2D eigenvalue weighted by Gasteiger charge is -2.12. The van der Waals surface area contributed by atoms with Crippen molar-refractivity contribution >= 4 is 65.4 Å². The number of aromatic nitrogens is 3. The largest absolute Gasteiger partial charge is 0.309 e. The molecule has 0 unspecified atom stereocenters. The van der Waals surface area contributed by atoms with Gasteiger partial charge in [-0.3, -0.25) is 0 Å². The van der Waals surface area contributed by atoms with Crippen molar-refractivity contribution in [3.63, 3.8) is 0 Å². The van der Waals surface area contributed by atoms with Crippen molar-refractivity contribution in [1.82, 2.24) is 13.7 Å². The lowest BCUT2D eigenvalue weighted by molar-refractivity contribution is 1.17. The molecule has 0 fully saturated rings. The summed E-state index contributed by atoms with van der Waals surface area (Å²) in [6.45, 7) is 0. The molecule has 3 aromatic heterocycles. The van der Waals surface area contributed by atoms with Crippen molar-refractivity contribution in [1.29, 1.82) is 0 Å². The van der Waals surface area contributed by atoms with Crippen LogP contribution in [0.2, 0.25) is 0 Å². The summed E-state index contributed by atoms with van der Waals surface area (Å²) in [5.41, 5.74) is -2.77. The van der Waals surface area contributed by atoms with Gasteiger partial charge >= 0.3 is 0 Å². The van der Waals surface area contributed by atoms with Crippen LogP contribution in [0, 0.1) is 0 Å². The predicted molar refractivity (Wildman–Crippen MR) is 215 cm³/mol. The zero-order chi connectivity index (χ0) is 51.7. The summed E-state index contributed by atoms with van der Waals surface area (Å²) in [4.78, 5) is 0. The first kappa shape index (κ1) is 14.6. The highest BCUT2D eigenvalue weighted by atomic mass is 15.0. The summed E-state index contributed by atoms with van der Waals surface area (Å²) in [6.07, 6.45) is 0. The van der Waals surface area contributed by atoms with Gasteiger partial charge in [-0.1, -0.05) is 109 Å². The molecule has 0 bridgehead atoms. The van der Waals surface area contributed by atoms with Gasteiger partial charge in [0, 0.05) is 43.7 Å². The van der Waals surface area contributed by atoms with Gasteiger partial charge in [0.25, 0.3) is 0 Å². The van der Waals surface area contributed by atoms with Crippen LogP contribution in [-0.4, -0.2) is 13.7 Å². The third-order valence-electron chi connectivity index (χ3n) is 9.02. The third-order valence-corrected chi connectivity index (χ3v) is 9.02. The molecular weight excluding hydrogens is 619 g/mol.